The van der Waals surface area contributed by atoms with Gasteiger partial charge in [-0.05, 0) is 80.7 Å². The maximum atomic E-state index is 12.1. The number of hydrogen-bond acceptors (Lipinski definition) is 0. The third kappa shape index (κ3) is 20.9. The van der Waals surface area contributed by atoms with Crippen molar-refractivity contribution in [3.8, 4) is 11.8 Å². The molecule has 0 aromatic heterocycles. The molecule has 0 saturated heterocycles. The number of unbranched alkanes of at least 4 members (excludes halogenated alkanes) is 21. The van der Waals surface area contributed by atoms with Crippen LogP contribution < -0.4 is 0 Å². The average Bonchev–Trinajstić information content (AvgIpc) is 3.50. The van der Waals surface area contributed by atoms with Gasteiger partial charge in [-0.1, -0.05) is 186 Å². The van der Waals surface area contributed by atoms with Crippen molar-refractivity contribution < 1.29 is 19.1 Å². The third-order valence-electron chi connectivity index (χ3n) is 11.5. The molecular formula is C54H86N2Ni. The number of rotatable bonds is 31. The molecule has 0 amide bonds. The predicted octanol–water partition coefficient (Wildman–Crippen LogP) is 18.1. The second kappa shape index (κ2) is 34.4. The fourth-order valence-electron chi connectivity index (χ4n) is 8.14. The first-order chi connectivity index (χ1) is 28.1. The quantitative estimate of drug-likeness (QED) is 0.0313. The van der Waals surface area contributed by atoms with Crippen LogP contribution in [0.2, 0.25) is 11.8 Å². The van der Waals surface area contributed by atoms with Gasteiger partial charge < -0.3 is 5.53 Å². The van der Waals surface area contributed by atoms with E-state index < -0.39 is 0 Å². The van der Waals surface area contributed by atoms with Crippen LogP contribution in [0, 0.1) is 11.8 Å². The Labute approximate surface area is 360 Å². The van der Waals surface area contributed by atoms with Crippen molar-refractivity contribution in [3.05, 3.63) is 87.5 Å². The van der Waals surface area contributed by atoms with Crippen molar-refractivity contribution in [3.63, 3.8) is 0 Å². The van der Waals surface area contributed by atoms with Gasteiger partial charge in [-0.3, -0.25) is 0 Å². The van der Waals surface area contributed by atoms with E-state index in [0.717, 1.165) is 81.2 Å². The van der Waals surface area contributed by atoms with Gasteiger partial charge in [0.15, 0.2) is 0 Å². The van der Waals surface area contributed by atoms with Crippen molar-refractivity contribution >= 4 is 11.4 Å². The van der Waals surface area contributed by atoms with E-state index in [2.05, 4.69) is 99.9 Å². The predicted molar refractivity (Wildman–Crippen MR) is 249 cm³/mol. The van der Waals surface area contributed by atoms with E-state index >= 15 is 0 Å². The molecule has 0 unspecified atom stereocenters. The molecule has 57 heavy (non-hydrogen) atoms. The first kappa shape index (κ1) is 50.7. The molecular weight excluding hydrogens is 735 g/mol. The molecule has 3 rings (SSSR count). The van der Waals surface area contributed by atoms with E-state index in [1.54, 1.807) is 19.1 Å². The summed E-state index contributed by atoms with van der Waals surface area (Å²) in [4.78, 5) is 0. The van der Waals surface area contributed by atoms with Crippen molar-refractivity contribution in [2.24, 2.45) is 0 Å². The summed E-state index contributed by atoms with van der Waals surface area (Å²) in [6.45, 7) is 9.09. The van der Waals surface area contributed by atoms with Gasteiger partial charge in [-0.25, -0.2) is 4.70 Å². The van der Waals surface area contributed by atoms with E-state index in [1.165, 1.54) is 156 Å². The molecule has 1 heterocycles. The summed E-state index contributed by atoms with van der Waals surface area (Å²) in [5, 5.41) is 0. The van der Waals surface area contributed by atoms with E-state index in [9.17, 15) is 5.53 Å². The number of benzene rings is 2. The van der Waals surface area contributed by atoms with Crippen LogP contribution in [-0.2, 0) is 27.3 Å². The van der Waals surface area contributed by atoms with Crippen LogP contribution in [0.1, 0.15) is 230 Å². The van der Waals surface area contributed by atoms with Crippen molar-refractivity contribution in [2.75, 3.05) is 0 Å². The first-order valence-corrected chi connectivity index (χ1v) is 25.9. The van der Waals surface area contributed by atoms with Crippen LogP contribution in [0.25, 0.3) is 16.9 Å². The van der Waals surface area contributed by atoms with E-state index in [-0.39, 0.29) is 0 Å². The molecule has 2 aromatic rings. The molecule has 1 aliphatic rings. The number of aryl methyl sites for hydroxylation is 2. The Bertz CT molecular complexity index is 1450. The molecule has 2 aromatic carbocycles. The zero-order chi connectivity index (χ0) is 41.2. The van der Waals surface area contributed by atoms with Gasteiger partial charge in [-0.15, -0.1) is 11.8 Å². The monoisotopic (exact) mass is 821 g/mol. The van der Waals surface area contributed by atoms with Gasteiger partial charge in [0.05, 0.1) is 0 Å². The molecule has 3 heteroatoms. The minimum absolute atomic E-state index is 0.862. The fraction of sp³-hybridized carbons (Fsp3) is 0.667. The molecule has 0 N–H and O–H groups in total. The summed E-state index contributed by atoms with van der Waals surface area (Å²) >= 11 is 1.62. The van der Waals surface area contributed by atoms with Crippen LogP contribution in [0.4, 0.5) is 0 Å². The van der Waals surface area contributed by atoms with Gasteiger partial charge in [0.25, 0.3) is 0 Å². The Kier molecular flexibility index (Phi) is 30.6. The summed E-state index contributed by atoms with van der Waals surface area (Å²) in [7, 11) is 0. The number of nitrogens with zero attached hydrogens (tertiary/aromatic N) is 2. The van der Waals surface area contributed by atoms with E-state index in [1.807, 2.05) is 0 Å². The number of hydrogen-bond donors (Lipinski definition) is 0. The zero-order valence-electron chi connectivity index (χ0n) is 38.0. The first-order valence-electron chi connectivity index (χ1n) is 23.9. The van der Waals surface area contributed by atoms with Crippen LogP contribution >= 0.6 is 0 Å². The molecule has 0 atom stereocenters. The Morgan fingerprint density at radius 1 is 0.456 bits per heavy atom. The minimum atomic E-state index is 0.862. The molecule has 0 fully saturated rings. The summed E-state index contributed by atoms with van der Waals surface area (Å²) in [5.74, 6) is 11.1. The fourth-order valence-corrected chi connectivity index (χ4v) is 8.14. The summed E-state index contributed by atoms with van der Waals surface area (Å²) < 4.78 is 1.56. The normalized spacial score (nSPS) is 12.6. The van der Waals surface area contributed by atoms with Gasteiger partial charge in [-0.2, -0.15) is 0 Å². The van der Waals surface area contributed by atoms with Crippen molar-refractivity contribution in [2.45, 2.75) is 232 Å². The van der Waals surface area contributed by atoms with Crippen LogP contribution in [0.15, 0.2) is 59.7 Å². The average molecular weight is 822 g/mol. The molecule has 0 saturated carbocycles. The molecule has 2 nitrogen and oxygen atoms in total. The number of allylic oxidation sites excluding steroid dienone is 2. The third-order valence-corrected chi connectivity index (χ3v) is 11.5. The second-order valence-electron chi connectivity index (χ2n) is 16.6. The van der Waals surface area contributed by atoms with Crippen molar-refractivity contribution in [1.29, 1.82) is 0 Å². The molecule has 0 bridgehead atoms. The summed E-state index contributed by atoms with van der Waals surface area (Å²) in [5.41, 5.74) is 21.7. The van der Waals surface area contributed by atoms with Crippen LogP contribution in [0.5, 0.6) is 0 Å². The standard InChI is InChI=1S/C52H80N2.2CH3.Ni/c1-5-9-13-14-15-16-17-18-19-20-21-22-23-24-25-26-27-28-29-30-31-32-36-46-37-33-34-40-48(46)52-50(39-12-8-4)49(38-11-7-3)51(54(52)53)47-43-41-45(42-44-47)35-10-6-2;;;/h33-34,37,40-44H,5-29,32,35-36,38-39H2,1-4H3;2*1H3;. The Morgan fingerprint density at radius 3 is 1.39 bits per heavy atom. The molecule has 0 spiro atoms. The molecule has 0 aliphatic carbocycles. The van der Waals surface area contributed by atoms with E-state index in [0.29, 0.717) is 0 Å². The zero-order valence-corrected chi connectivity index (χ0v) is 39.0. The Morgan fingerprint density at radius 2 is 0.877 bits per heavy atom. The summed E-state index contributed by atoms with van der Waals surface area (Å²) in [6.07, 6.45) is 38.3. The van der Waals surface area contributed by atoms with E-state index in [4.69, 9.17) is 0 Å². The molecule has 0 radical (unpaired) electrons. The Hall–Kier alpha value is -2.43. The van der Waals surface area contributed by atoms with Crippen LogP contribution in [-0.4, -0.2) is 4.70 Å². The second-order valence-corrected chi connectivity index (χ2v) is 17.5. The van der Waals surface area contributed by atoms with Gasteiger partial charge >= 0.3 is 26.2 Å². The Balaban J connectivity index is 0.00000362. The topological polar surface area (TPSA) is 25.3 Å². The molecule has 1 aliphatic heterocycles. The molecule has 322 valence electrons. The summed E-state index contributed by atoms with van der Waals surface area (Å²) in [6, 6.07) is 17.7. The SMILES string of the molecule is CCCCCCCCCCCCCCCCCCCCC#CCCc1ccccc1C1=C(CCCC)C(CCCC)=C(c2ccc(CCCC)cc2)[N+]1=[N-].[CH3][Ni][CH3]. The van der Waals surface area contributed by atoms with Gasteiger partial charge in [0.2, 0.25) is 11.4 Å². The van der Waals surface area contributed by atoms with Crippen LogP contribution in [0.3, 0.4) is 0 Å². The van der Waals surface area contributed by atoms with Crippen molar-refractivity contribution in [1.82, 2.24) is 0 Å². The maximum absolute atomic E-state index is 12.1. The van der Waals surface area contributed by atoms with Gasteiger partial charge in [0, 0.05) is 35.1 Å². The van der Waals surface area contributed by atoms with Gasteiger partial charge in [0.1, 0.15) is 0 Å².